The fourth-order valence-corrected chi connectivity index (χ4v) is 3.20. The highest BCUT2D eigenvalue weighted by Crippen LogP contribution is 2.27. The number of nitro benzene ring substituents is 1. The Morgan fingerprint density at radius 1 is 1.25 bits per heavy atom. The van der Waals surface area contributed by atoms with Crippen molar-refractivity contribution in [2.24, 2.45) is 0 Å². The molecule has 8 heteroatoms. The molecule has 0 unspecified atom stereocenters. The van der Waals surface area contributed by atoms with E-state index in [9.17, 15) is 10.1 Å². The van der Waals surface area contributed by atoms with Crippen LogP contribution in [-0.2, 0) is 5.75 Å². The average Bonchev–Trinajstić information content (AvgIpc) is 3.03. The number of halogens is 1. The van der Waals surface area contributed by atoms with Gasteiger partial charge in [-0.1, -0.05) is 35.5 Å². The molecule has 0 spiro atoms. The minimum Gasteiger partial charge on any atom is -0.258 e. The molecule has 0 aliphatic heterocycles. The molecule has 0 saturated heterocycles. The molecular formula is C16H13ClN4O2S. The third-order valence-electron chi connectivity index (χ3n) is 3.55. The molecular weight excluding hydrogens is 348 g/mol. The van der Waals surface area contributed by atoms with Gasteiger partial charge in [0.05, 0.1) is 4.92 Å². The molecule has 0 amide bonds. The summed E-state index contributed by atoms with van der Waals surface area (Å²) >= 11 is 7.30. The largest absolute Gasteiger partial charge is 0.272 e. The highest BCUT2D eigenvalue weighted by atomic mass is 35.5. The normalized spacial score (nSPS) is 10.8. The van der Waals surface area contributed by atoms with E-state index < -0.39 is 0 Å². The van der Waals surface area contributed by atoms with Crippen LogP contribution in [0.25, 0.3) is 11.4 Å². The number of rotatable bonds is 5. The Morgan fingerprint density at radius 3 is 2.71 bits per heavy atom. The van der Waals surface area contributed by atoms with Crippen molar-refractivity contribution in [2.45, 2.75) is 17.8 Å². The van der Waals surface area contributed by atoms with Crippen LogP contribution in [0.5, 0.6) is 0 Å². The molecule has 122 valence electrons. The van der Waals surface area contributed by atoms with E-state index in [0.29, 0.717) is 27.3 Å². The molecule has 3 rings (SSSR count). The van der Waals surface area contributed by atoms with Crippen molar-refractivity contribution in [3.8, 4) is 11.4 Å². The summed E-state index contributed by atoms with van der Waals surface area (Å²) < 4.78 is 0. The number of hydrogen-bond acceptors (Lipinski definition) is 5. The SMILES string of the molecule is Cc1c(CSc2n[nH]c(-c3ccc(Cl)cc3)n2)cccc1[N+](=O)[O-]. The first-order valence-corrected chi connectivity index (χ1v) is 8.45. The van der Waals surface area contributed by atoms with Gasteiger partial charge in [0.2, 0.25) is 5.16 Å². The lowest BCUT2D eigenvalue weighted by Crippen LogP contribution is -1.95. The van der Waals surface area contributed by atoms with Crippen LogP contribution < -0.4 is 0 Å². The molecule has 0 aliphatic carbocycles. The number of benzene rings is 2. The molecule has 6 nitrogen and oxygen atoms in total. The summed E-state index contributed by atoms with van der Waals surface area (Å²) in [6.45, 7) is 1.76. The standard InChI is InChI=1S/C16H13ClN4O2S/c1-10-12(3-2-4-14(10)21(22)23)9-24-16-18-15(19-20-16)11-5-7-13(17)8-6-11/h2-8H,9H2,1H3,(H,18,19,20). The third-order valence-corrected chi connectivity index (χ3v) is 4.70. The lowest BCUT2D eigenvalue weighted by atomic mass is 10.1. The molecule has 2 aromatic carbocycles. The van der Waals surface area contributed by atoms with E-state index in [1.54, 1.807) is 25.1 Å². The fourth-order valence-electron chi connectivity index (χ4n) is 2.21. The topological polar surface area (TPSA) is 84.7 Å². The Morgan fingerprint density at radius 2 is 2.00 bits per heavy atom. The predicted molar refractivity (Wildman–Crippen MR) is 94.2 cm³/mol. The minimum atomic E-state index is -0.366. The van der Waals surface area contributed by atoms with Gasteiger partial charge in [-0.15, -0.1) is 5.10 Å². The lowest BCUT2D eigenvalue weighted by molar-refractivity contribution is -0.385. The molecule has 1 N–H and O–H groups in total. The number of hydrogen-bond donors (Lipinski definition) is 1. The van der Waals surface area contributed by atoms with E-state index in [0.717, 1.165) is 11.1 Å². The summed E-state index contributed by atoms with van der Waals surface area (Å²) in [6.07, 6.45) is 0. The molecule has 0 saturated carbocycles. The second-order valence-electron chi connectivity index (χ2n) is 5.08. The summed E-state index contributed by atoms with van der Waals surface area (Å²) in [5.41, 5.74) is 2.59. The molecule has 0 aliphatic rings. The van der Waals surface area contributed by atoms with Crippen molar-refractivity contribution < 1.29 is 4.92 Å². The first-order chi connectivity index (χ1) is 11.5. The maximum atomic E-state index is 11.0. The van der Waals surface area contributed by atoms with Gasteiger partial charge in [-0.3, -0.25) is 15.2 Å². The van der Waals surface area contributed by atoms with Crippen LogP contribution in [0.3, 0.4) is 0 Å². The van der Waals surface area contributed by atoms with E-state index in [2.05, 4.69) is 15.2 Å². The van der Waals surface area contributed by atoms with Crippen LogP contribution in [0, 0.1) is 17.0 Å². The van der Waals surface area contributed by atoms with Crippen molar-refractivity contribution in [3.05, 3.63) is 68.7 Å². The van der Waals surface area contributed by atoms with Gasteiger partial charge in [0, 0.05) is 28.0 Å². The average molecular weight is 361 g/mol. The Hall–Kier alpha value is -2.38. The summed E-state index contributed by atoms with van der Waals surface area (Å²) in [4.78, 5) is 15.1. The smallest absolute Gasteiger partial charge is 0.258 e. The van der Waals surface area contributed by atoms with Crippen LogP contribution in [0.1, 0.15) is 11.1 Å². The van der Waals surface area contributed by atoms with Gasteiger partial charge in [-0.25, -0.2) is 4.98 Å². The Balaban J connectivity index is 1.73. The molecule has 0 bridgehead atoms. The summed E-state index contributed by atoms with van der Waals surface area (Å²) in [5.74, 6) is 1.22. The van der Waals surface area contributed by atoms with E-state index in [4.69, 9.17) is 11.6 Å². The predicted octanol–water partition coefficient (Wildman–Crippen LogP) is 4.63. The highest BCUT2D eigenvalue weighted by Gasteiger charge is 2.14. The van der Waals surface area contributed by atoms with Crippen molar-refractivity contribution >= 4 is 29.1 Å². The van der Waals surface area contributed by atoms with Gasteiger partial charge in [0.25, 0.3) is 5.69 Å². The maximum Gasteiger partial charge on any atom is 0.272 e. The van der Waals surface area contributed by atoms with Gasteiger partial charge in [-0.2, -0.15) is 0 Å². The number of nitrogens with zero attached hydrogens (tertiary/aromatic N) is 3. The van der Waals surface area contributed by atoms with E-state index in [1.807, 2.05) is 18.2 Å². The molecule has 1 heterocycles. The first kappa shape index (κ1) is 16.5. The van der Waals surface area contributed by atoms with Crippen LogP contribution >= 0.6 is 23.4 Å². The van der Waals surface area contributed by atoms with Crippen molar-refractivity contribution in [2.75, 3.05) is 0 Å². The molecule has 0 fully saturated rings. The summed E-state index contributed by atoms with van der Waals surface area (Å²) in [7, 11) is 0. The minimum absolute atomic E-state index is 0.130. The zero-order valence-electron chi connectivity index (χ0n) is 12.7. The van der Waals surface area contributed by atoms with Gasteiger partial charge in [0.1, 0.15) is 0 Å². The Bertz CT molecular complexity index is 880. The van der Waals surface area contributed by atoms with E-state index in [-0.39, 0.29) is 10.6 Å². The Kier molecular flexibility index (Phi) is 4.82. The van der Waals surface area contributed by atoms with Crippen molar-refractivity contribution in [3.63, 3.8) is 0 Å². The number of nitrogens with one attached hydrogen (secondary N) is 1. The molecule has 24 heavy (non-hydrogen) atoms. The quantitative estimate of drug-likeness (QED) is 0.407. The lowest BCUT2D eigenvalue weighted by Gasteiger charge is -2.04. The first-order valence-electron chi connectivity index (χ1n) is 7.08. The second-order valence-corrected chi connectivity index (χ2v) is 6.46. The van der Waals surface area contributed by atoms with Crippen LogP contribution in [0.15, 0.2) is 47.6 Å². The van der Waals surface area contributed by atoms with Gasteiger partial charge < -0.3 is 0 Å². The highest BCUT2D eigenvalue weighted by molar-refractivity contribution is 7.98. The molecule has 0 radical (unpaired) electrons. The van der Waals surface area contributed by atoms with E-state index >= 15 is 0 Å². The molecule has 1 aromatic heterocycles. The summed E-state index contributed by atoms with van der Waals surface area (Å²) in [5, 5.41) is 19.3. The number of aromatic amines is 1. The van der Waals surface area contributed by atoms with Gasteiger partial charge >= 0.3 is 0 Å². The monoisotopic (exact) mass is 360 g/mol. The third kappa shape index (κ3) is 3.58. The van der Waals surface area contributed by atoms with Crippen LogP contribution in [0.4, 0.5) is 5.69 Å². The maximum absolute atomic E-state index is 11.0. The van der Waals surface area contributed by atoms with Crippen LogP contribution in [-0.4, -0.2) is 20.1 Å². The second kappa shape index (κ2) is 7.02. The number of nitro groups is 1. The Labute approximate surface area is 147 Å². The van der Waals surface area contributed by atoms with Crippen molar-refractivity contribution in [1.82, 2.24) is 15.2 Å². The zero-order valence-corrected chi connectivity index (χ0v) is 14.3. The fraction of sp³-hybridized carbons (Fsp3) is 0.125. The van der Waals surface area contributed by atoms with Crippen LogP contribution in [0.2, 0.25) is 5.02 Å². The van der Waals surface area contributed by atoms with Gasteiger partial charge in [0.15, 0.2) is 5.82 Å². The summed E-state index contributed by atoms with van der Waals surface area (Å²) in [6, 6.07) is 12.4. The zero-order chi connectivity index (χ0) is 17.1. The van der Waals surface area contributed by atoms with Gasteiger partial charge in [-0.05, 0) is 36.8 Å². The molecule has 0 atom stereocenters. The van der Waals surface area contributed by atoms with E-state index in [1.165, 1.54) is 17.8 Å². The number of thioether (sulfide) groups is 1. The molecule has 3 aromatic rings. The number of aromatic nitrogens is 3. The van der Waals surface area contributed by atoms with Crippen molar-refractivity contribution in [1.29, 1.82) is 0 Å². The number of H-pyrrole nitrogens is 1.